The van der Waals surface area contributed by atoms with Crippen molar-refractivity contribution in [2.45, 2.75) is 32.1 Å². The highest BCUT2D eigenvalue weighted by Crippen LogP contribution is 2.28. The van der Waals surface area contributed by atoms with Crippen LogP contribution in [0.3, 0.4) is 0 Å². The zero-order valence-electron chi connectivity index (χ0n) is 15.9. The monoisotopic (exact) mass is 493 g/mol. The van der Waals surface area contributed by atoms with Gasteiger partial charge in [0.25, 0.3) is 0 Å². The van der Waals surface area contributed by atoms with Crippen LogP contribution < -0.4 is 10.2 Å². The molecule has 3 rings (SSSR count). The molecular weight excluding hydrogens is 461 g/mol. The van der Waals surface area contributed by atoms with E-state index in [1.165, 1.54) is 36.5 Å². The maximum absolute atomic E-state index is 5.71. The number of aromatic nitrogens is 1. The predicted molar refractivity (Wildman–Crippen MR) is 120 cm³/mol. The number of hydrogen-bond donors (Lipinski definition) is 1. The van der Waals surface area contributed by atoms with E-state index >= 15 is 0 Å². The molecule has 1 aromatic heterocycles. The third-order valence-corrected chi connectivity index (χ3v) is 5.73. The number of guanidine groups is 1. The standard InChI is InChI=1S/C18H31N5OS.HI/c1-19-17(22(2)11-12-24-13-15-5-6-15)20-8-7-16-14-25-18(21-16)23-9-3-4-10-23;/h14-15H,3-13H2,1-2H3,(H,19,20);1H. The van der Waals surface area contributed by atoms with Crippen molar-refractivity contribution < 1.29 is 4.74 Å². The average Bonchev–Trinajstić information content (AvgIpc) is 3.10. The zero-order valence-corrected chi connectivity index (χ0v) is 19.1. The Bertz CT molecular complexity index is 558. The summed E-state index contributed by atoms with van der Waals surface area (Å²) in [5, 5.41) is 6.80. The molecule has 1 aliphatic carbocycles. The van der Waals surface area contributed by atoms with Crippen molar-refractivity contribution in [3.05, 3.63) is 11.1 Å². The first kappa shape index (κ1) is 21.7. The van der Waals surface area contributed by atoms with Crippen LogP contribution in [-0.4, -0.2) is 69.3 Å². The fourth-order valence-electron chi connectivity index (χ4n) is 2.99. The molecule has 1 N–H and O–H groups in total. The van der Waals surface area contributed by atoms with Gasteiger partial charge in [0.15, 0.2) is 11.1 Å². The first-order chi connectivity index (χ1) is 12.3. The van der Waals surface area contributed by atoms with E-state index in [0.29, 0.717) is 0 Å². The van der Waals surface area contributed by atoms with Crippen molar-refractivity contribution >= 4 is 46.4 Å². The summed E-state index contributed by atoms with van der Waals surface area (Å²) in [6, 6.07) is 0. The Labute approximate surface area is 178 Å². The minimum absolute atomic E-state index is 0. The molecule has 2 fully saturated rings. The maximum atomic E-state index is 5.71. The highest BCUT2D eigenvalue weighted by molar-refractivity contribution is 14.0. The number of thiazole rings is 1. The number of nitrogens with one attached hydrogen (secondary N) is 1. The van der Waals surface area contributed by atoms with Crippen molar-refractivity contribution in [2.75, 3.05) is 58.4 Å². The second-order valence-corrected chi connectivity index (χ2v) is 7.82. The quantitative estimate of drug-likeness (QED) is 0.248. The molecule has 0 aromatic carbocycles. The van der Waals surface area contributed by atoms with Gasteiger partial charge in [-0.3, -0.25) is 4.99 Å². The average molecular weight is 493 g/mol. The van der Waals surface area contributed by atoms with E-state index in [4.69, 9.17) is 9.72 Å². The summed E-state index contributed by atoms with van der Waals surface area (Å²) in [5.74, 6) is 1.75. The Hall–Kier alpha value is -0.610. The summed E-state index contributed by atoms with van der Waals surface area (Å²) >= 11 is 1.77. The fraction of sp³-hybridized carbons (Fsp3) is 0.778. The SMILES string of the molecule is CN=C(NCCc1csc(N2CCCC2)n1)N(C)CCOCC1CC1.I. The number of anilines is 1. The molecular formula is C18H32IN5OS. The van der Waals surface area contributed by atoms with Crippen LogP contribution in [0, 0.1) is 5.92 Å². The van der Waals surface area contributed by atoms with Crippen LogP contribution in [0.1, 0.15) is 31.4 Å². The molecule has 1 aromatic rings. The smallest absolute Gasteiger partial charge is 0.193 e. The van der Waals surface area contributed by atoms with Gasteiger partial charge in [-0.25, -0.2) is 4.98 Å². The summed E-state index contributed by atoms with van der Waals surface area (Å²) < 4.78 is 5.71. The lowest BCUT2D eigenvalue weighted by Crippen LogP contribution is -2.41. The second kappa shape index (κ2) is 11.3. The largest absolute Gasteiger partial charge is 0.379 e. The lowest BCUT2D eigenvalue weighted by Gasteiger charge is -2.21. The lowest BCUT2D eigenvalue weighted by molar-refractivity contribution is 0.115. The number of ether oxygens (including phenoxy) is 1. The summed E-state index contributed by atoms with van der Waals surface area (Å²) in [7, 11) is 3.89. The zero-order chi connectivity index (χ0) is 17.5. The molecule has 0 radical (unpaired) electrons. The van der Waals surface area contributed by atoms with Crippen LogP contribution in [-0.2, 0) is 11.2 Å². The summed E-state index contributed by atoms with van der Waals surface area (Å²) in [6.07, 6.45) is 6.20. The van der Waals surface area contributed by atoms with E-state index < -0.39 is 0 Å². The van der Waals surface area contributed by atoms with Crippen molar-refractivity contribution in [3.8, 4) is 0 Å². The summed E-state index contributed by atoms with van der Waals surface area (Å²) in [6.45, 7) is 5.71. The molecule has 1 saturated carbocycles. The van der Waals surface area contributed by atoms with Crippen molar-refractivity contribution in [1.82, 2.24) is 15.2 Å². The van der Waals surface area contributed by atoms with Crippen LogP contribution in [0.2, 0.25) is 0 Å². The molecule has 1 saturated heterocycles. The van der Waals surface area contributed by atoms with Crippen molar-refractivity contribution in [1.29, 1.82) is 0 Å². The Balaban J connectivity index is 0.00000243. The van der Waals surface area contributed by atoms with Gasteiger partial charge < -0.3 is 19.9 Å². The predicted octanol–water partition coefficient (Wildman–Crippen LogP) is 2.84. The van der Waals surface area contributed by atoms with Gasteiger partial charge in [0.2, 0.25) is 0 Å². The summed E-state index contributed by atoms with van der Waals surface area (Å²) in [5.41, 5.74) is 1.17. The van der Waals surface area contributed by atoms with Crippen LogP contribution in [0.5, 0.6) is 0 Å². The molecule has 8 heteroatoms. The number of aliphatic imine (C=N–C) groups is 1. The van der Waals surface area contributed by atoms with Crippen LogP contribution in [0.25, 0.3) is 0 Å². The van der Waals surface area contributed by atoms with Crippen LogP contribution >= 0.6 is 35.3 Å². The minimum atomic E-state index is 0. The highest BCUT2D eigenvalue weighted by atomic mass is 127. The van der Waals surface area contributed by atoms with Gasteiger partial charge in [-0.2, -0.15) is 0 Å². The third kappa shape index (κ3) is 6.84. The Kier molecular flexibility index (Phi) is 9.41. The molecule has 6 nitrogen and oxygen atoms in total. The highest BCUT2D eigenvalue weighted by Gasteiger charge is 2.21. The molecule has 0 bridgehead atoms. The number of nitrogens with zero attached hydrogens (tertiary/aromatic N) is 4. The molecule has 2 heterocycles. The molecule has 0 unspecified atom stereocenters. The third-order valence-electron chi connectivity index (χ3n) is 4.78. The van der Waals surface area contributed by atoms with E-state index in [9.17, 15) is 0 Å². The van der Waals surface area contributed by atoms with Gasteiger partial charge in [0.05, 0.1) is 12.3 Å². The molecule has 0 spiro atoms. The number of rotatable bonds is 9. The minimum Gasteiger partial charge on any atom is -0.379 e. The first-order valence-corrected chi connectivity index (χ1v) is 10.3. The van der Waals surface area contributed by atoms with Gasteiger partial charge in [0.1, 0.15) is 0 Å². The van der Waals surface area contributed by atoms with Crippen molar-refractivity contribution in [2.24, 2.45) is 10.9 Å². The number of likely N-dealkylation sites (N-methyl/N-ethyl adjacent to an activating group) is 1. The normalized spacial score (nSPS) is 17.3. The topological polar surface area (TPSA) is 53.0 Å². The van der Waals surface area contributed by atoms with Crippen molar-refractivity contribution in [3.63, 3.8) is 0 Å². The van der Waals surface area contributed by atoms with E-state index in [0.717, 1.165) is 57.7 Å². The van der Waals surface area contributed by atoms with Crippen LogP contribution in [0.4, 0.5) is 5.13 Å². The number of hydrogen-bond acceptors (Lipinski definition) is 5. The summed E-state index contributed by atoms with van der Waals surface area (Å²) in [4.78, 5) is 13.7. The molecule has 26 heavy (non-hydrogen) atoms. The molecule has 0 amide bonds. The second-order valence-electron chi connectivity index (χ2n) is 6.98. The Morgan fingerprint density at radius 1 is 1.42 bits per heavy atom. The first-order valence-electron chi connectivity index (χ1n) is 9.45. The van der Waals surface area contributed by atoms with Gasteiger partial charge >= 0.3 is 0 Å². The van der Waals surface area contributed by atoms with E-state index in [1.807, 2.05) is 7.05 Å². The molecule has 0 atom stereocenters. The van der Waals surface area contributed by atoms with Gasteiger partial charge in [-0.1, -0.05) is 0 Å². The lowest BCUT2D eigenvalue weighted by atomic mass is 10.3. The van der Waals surface area contributed by atoms with Gasteiger partial charge in [-0.15, -0.1) is 35.3 Å². The van der Waals surface area contributed by atoms with Gasteiger partial charge in [0, 0.05) is 58.7 Å². The van der Waals surface area contributed by atoms with Gasteiger partial charge in [-0.05, 0) is 31.6 Å². The fourth-order valence-corrected chi connectivity index (χ4v) is 3.91. The molecule has 148 valence electrons. The molecule has 2 aliphatic rings. The van der Waals surface area contributed by atoms with E-state index in [2.05, 4.69) is 32.5 Å². The Morgan fingerprint density at radius 3 is 2.88 bits per heavy atom. The maximum Gasteiger partial charge on any atom is 0.193 e. The molecule has 1 aliphatic heterocycles. The number of halogens is 1. The van der Waals surface area contributed by atoms with Crippen LogP contribution in [0.15, 0.2) is 10.4 Å². The Morgan fingerprint density at radius 2 is 2.19 bits per heavy atom. The van der Waals surface area contributed by atoms with E-state index in [1.54, 1.807) is 11.3 Å². The van der Waals surface area contributed by atoms with E-state index in [-0.39, 0.29) is 24.0 Å².